The van der Waals surface area contributed by atoms with E-state index in [0.29, 0.717) is 6.61 Å². The number of methoxy groups -OCH3 is 1. The van der Waals surface area contributed by atoms with Crippen molar-refractivity contribution in [1.29, 1.82) is 0 Å². The Morgan fingerprint density at radius 2 is 2.40 bits per heavy atom. The van der Waals surface area contributed by atoms with Crippen molar-refractivity contribution in [3.63, 3.8) is 0 Å². The number of carbonyl (C=O) groups is 1. The van der Waals surface area contributed by atoms with E-state index < -0.39 is 5.60 Å². The van der Waals surface area contributed by atoms with E-state index >= 15 is 0 Å². The van der Waals surface area contributed by atoms with Gasteiger partial charge >= 0.3 is 5.97 Å². The predicted molar refractivity (Wildman–Crippen MR) is 60.8 cm³/mol. The molecule has 82 valence electrons. The first-order valence-electron chi connectivity index (χ1n) is 4.62. The Kier molecular flexibility index (Phi) is 3.13. The molecule has 1 aromatic rings. The summed E-state index contributed by atoms with van der Waals surface area (Å²) in [5.74, 6) is -0.256. The summed E-state index contributed by atoms with van der Waals surface area (Å²) in [6.45, 7) is 0.458. The number of esters is 1. The summed E-state index contributed by atoms with van der Waals surface area (Å²) in [6.07, 6.45) is 1.53. The van der Waals surface area contributed by atoms with Crippen LogP contribution in [-0.4, -0.2) is 18.7 Å². The van der Waals surface area contributed by atoms with E-state index in [1.807, 2.05) is 11.4 Å². The summed E-state index contributed by atoms with van der Waals surface area (Å²) in [7, 11) is 1.40. The van der Waals surface area contributed by atoms with Crippen molar-refractivity contribution in [2.75, 3.05) is 7.11 Å². The van der Waals surface area contributed by atoms with Crippen molar-refractivity contribution >= 4 is 33.2 Å². The number of ether oxygens (including phenoxy) is 2. The van der Waals surface area contributed by atoms with Crippen LogP contribution in [0.25, 0.3) is 0 Å². The molecule has 0 unspecified atom stereocenters. The molecular weight excluding hydrogens is 280 g/mol. The zero-order valence-electron chi connectivity index (χ0n) is 8.29. The highest BCUT2D eigenvalue weighted by molar-refractivity contribution is 9.11. The summed E-state index contributed by atoms with van der Waals surface area (Å²) in [6, 6.07) is 1.99. The Morgan fingerprint density at radius 3 is 2.87 bits per heavy atom. The van der Waals surface area contributed by atoms with Gasteiger partial charge in [-0.1, -0.05) is 0 Å². The molecule has 0 aliphatic heterocycles. The molecule has 1 aromatic heterocycles. The van der Waals surface area contributed by atoms with E-state index in [4.69, 9.17) is 9.47 Å². The molecule has 1 aliphatic carbocycles. The smallest absolute Gasteiger partial charge is 0.338 e. The van der Waals surface area contributed by atoms with Crippen LogP contribution in [0, 0.1) is 0 Å². The van der Waals surface area contributed by atoms with Gasteiger partial charge in [0.2, 0.25) is 0 Å². The third-order valence-electron chi connectivity index (χ3n) is 2.46. The highest BCUT2D eigenvalue weighted by Crippen LogP contribution is 2.41. The third kappa shape index (κ3) is 2.24. The first-order valence-corrected chi connectivity index (χ1v) is 6.29. The largest absolute Gasteiger partial charge is 0.467 e. The van der Waals surface area contributed by atoms with Gasteiger partial charge < -0.3 is 9.47 Å². The van der Waals surface area contributed by atoms with Crippen molar-refractivity contribution in [2.24, 2.45) is 0 Å². The first kappa shape index (κ1) is 11.1. The van der Waals surface area contributed by atoms with Gasteiger partial charge in [-0.2, -0.15) is 0 Å². The van der Waals surface area contributed by atoms with E-state index in [2.05, 4.69) is 15.9 Å². The molecule has 1 saturated carbocycles. The third-order valence-corrected chi connectivity index (χ3v) is 4.27. The standard InChI is InChI=1S/C10H11BrO3S/c1-13-9(12)10(3-4-10)14-6-7-2-5-15-8(7)11/h2,5H,3-4,6H2,1H3. The first-order chi connectivity index (χ1) is 7.18. The van der Waals surface area contributed by atoms with Gasteiger partial charge in [-0.05, 0) is 40.2 Å². The van der Waals surface area contributed by atoms with Crippen LogP contribution >= 0.6 is 27.3 Å². The monoisotopic (exact) mass is 290 g/mol. The predicted octanol–water partition coefficient (Wildman–Crippen LogP) is 2.73. The molecule has 0 atom stereocenters. The number of halogens is 1. The molecule has 0 radical (unpaired) electrons. The van der Waals surface area contributed by atoms with Gasteiger partial charge in [0.1, 0.15) is 0 Å². The maximum absolute atomic E-state index is 11.4. The molecule has 0 N–H and O–H groups in total. The highest BCUT2D eigenvalue weighted by atomic mass is 79.9. The molecular formula is C10H11BrO3S. The van der Waals surface area contributed by atoms with Crippen molar-refractivity contribution in [1.82, 2.24) is 0 Å². The molecule has 2 rings (SSSR count). The molecule has 1 aliphatic rings. The molecule has 1 heterocycles. The summed E-state index contributed by atoms with van der Waals surface area (Å²) in [5, 5.41) is 1.99. The lowest BCUT2D eigenvalue weighted by Crippen LogP contribution is -2.27. The van der Waals surface area contributed by atoms with Gasteiger partial charge in [-0.25, -0.2) is 4.79 Å². The second kappa shape index (κ2) is 4.23. The lowest BCUT2D eigenvalue weighted by atomic mass is 10.3. The average molecular weight is 291 g/mol. The minimum absolute atomic E-state index is 0.256. The Bertz CT molecular complexity index is 370. The van der Waals surface area contributed by atoms with E-state index in [9.17, 15) is 4.79 Å². The number of hydrogen-bond acceptors (Lipinski definition) is 4. The second-order valence-corrected chi connectivity index (χ2v) is 5.73. The molecule has 0 bridgehead atoms. The Labute approximate surface area is 101 Å². The topological polar surface area (TPSA) is 35.5 Å². The van der Waals surface area contributed by atoms with Crippen LogP contribution in [0.1, 0.15) is 18.4 Å². The second-order valence-electron chi connectivity index (χ2n) is 3.49. The van der Waals surface area contributed by atoms with Crippen LogP contribution in [0.15, 0.2) is 15.2 Å². The highest BCUT2D eigenvalue weighted by Gasteiger charge is 2.52. The van der Waals surface area contributed by atoms with Gasteiger partial charge in [0.15, 0.2) is 5.60 Å². The van der Waals surface area contributed by atoms with Gasteiger partial charge in [0.05, 0.1) is 17.5 Å². The number of carbonyl (C=O) groups excluding carboxylic acids is 1. The molecule has 0 amide bonds. The molecule has 5 heteroatoms. The Hall–Kier alpha value is -0.390. The summed E-state index contributed by atoms with van der Waals surface area (Å²) in [4.78, 5) is 11.4. The molecule has 0 saturated heterocycles. The number of thiophene rings is 1. The zero-order chi connectivity index (χ0) is 10.9. The number of hydrogen-bond donors (Lipinski definition) is 0. The summed E-state index contributed by atoms with van der Waals surface area (Å²) in [5.41, 5.74) is 0.422. The van der Waals surface area contributed by atoms with Crippen LogP contribution in [0.2, 0.25) is 0 Å². The molecule has 0 spiro atoms. The van der Waals surface area contributed by atoms with Crippen LogP contribution in [0.3, 0.4) is 0 Å². The minimum Gasteiger partial charge on any atom is -0.467 e. The maximum Gasteiger partial charge on any atom is 0.338 e. The zero-order valence-corrected chi connectivity index (χ0v) is 10.7. The quantitative estimate of drug-likeness (QED) is 0.800. The van der Waals surface area contributed by atoms with Crippen molar-refractivity contribution < 1.29 is 14.3 Å². The van der Waals surface area contributed by atoms with Crippen LogP contribution in [0.4, 0.5) is 0 Å². The molecule has 1 fully saturated rings. The van der Waals surface area contributed by atoms with Gasteiger partial charge in [0.25, 0.3) is 0 Å². The number of rotatable bonds is 4. The van der Waals surface area contributed by atoms with Crippen molar-refractivity contribution in [3.8, 4) is 0 Å². The maximum atomic E-state index is 11.4. The Balaban J connectivity index is 1.94. The van der Waals surface area contributed by atoms with Crippen LogP contribution in [-0.2, 0) is 20.9 Å². The van der Waals surface area contributed by atoms with Crippen molar-refractivity contribution in [2.45, 2.75) is 25.0 Å². The SMILES string of the molecule is COC(=O)C1(OCc2ccsc2Br)CC1. The normalized spacial score (nSPS) is 17.5. The molecule has 3 nitrogen and oxygen atoms in total. The molecule has 0 aromatic carbocycles. The summed E-state index contributed by atoms with van der Waals surface area (Å²) >= 11 is 5.04. The van der Waals surface area contributed by atoms with E-state index in [1.54, 1.807) is 11.3 Å². The van der Waals surface area contributed by atoms with Gasteiger partial charge in [-0.3, -0.25) is 0 Å². The fourth-order valence-electron chi connectivity index (χ4n) is 1.34. The lowest BCUT2D eigenvalue weighted by molar-refractivity contribution is -0.158. The summed E-state index contributed by atoms with van der Waals surface area (Å²) < 4.78 is 11.4. The lowest BCUT2D eigenvalue weighted by Gasteiger charge is -2.13. The fourth-order valence-corrected chi connectivity index (χ4v) is 2.55. The van der Waals surface area contributed by atoms with E-state index in [-0.39, 0.29) is 5.97 Å². The fraction of sp³-hybridized carbons (Fsp3) is 0.500. The van der Waals surface area contributed by atoms with E-state index in [1.165, 1.54) is 7.11 Å². The van der Waals surface area contributed by atoms with E-state index in [0.717, 1.165) is 22.2 Å². The van der Waals surface area contributed by atoms with Gasteiger partial charge in [0, 0.05) is 5.56 Å². The van der Waals surface area contributed by atoms with Crippen LogP contribution in [0.5, 0.6) is 0 Å². The average Bonchev–Trinajstić information content (AvgIpc) is 2.93. The van der Waals surface area contributed by atoms with Crippen molar-refractivity contribution in [3.05, 3.63) is 20.8 Å². The van der Waals surface area contributed by atoms with Gasteiger partial charge in [-0.15, -0.1) is 11.3 Å². The Morgan fingerprint density at radius 1 is 1.67 bits per heavy atom. The van der Waals surface area contributed by atoms with Crippen LogP contribution < -0.4 is 0 Å². The molecule has 15 heavy (non-hydrogen) atoms. The minimum atomic E-state index is -0.657.